The Morgan fingerprint density at radius 3 is 1.40 bits per heavy atom. The predicted molar refractivity (Wildman–Crippen MR) is 227 cm³/mol. The van der Waals surface area contributed by atoms with Crippen LogP contribution in [0.2, 0.25) is 0 Å². The third-order valence-corrected chi connectivity index (χ3v) is 10.5. The van der Waals surface area contributed by atoms with Crippen LogP contribution in [0.15, 0.2) is 24.3 Å². The van der Waals surface area contributed by atoms with E-state index >= 15 is 0 Å². The van der Waals surface area contributed by atoms with Crippen LogP contribution < -0.4 is 5.32 Å². The molecule has 0 aliphatic rings. The van der Waals surface area contributed by atoms with Gasteiger partial charge in [0, 0.05) is 12.8 Å². The summed E-state index contributed by atoms with van der Waals surface area (Å²) < 4.78 is 5.43. The van der Waals surface area contributed by atoms with E-state index in [2.05, 4.69) is 31.3 Å². The van der Waals surface area contributed by atoms with Crippen LogP contribution in [0.4, 0.5) is 0 Å². The lowest BCUT2D eigenvalue weighted by Crippen LogP contribution is -2.45. The number of aliphatic hydroxyl groups excluding tert-OH is 2. The Hall–Kier alpha value is -1.66. The Bertz CT molecular complexity index is 828. The van der Waals surface area contributed by atoms with Crippen LogP contribution in [0, 0.1) is 0 Å². The quantitative estimate of drug-likeness (QED) is 0.0328. The van der Waals surface area contributed by atoms with E-state index in [-0.39, 0.29) is 18.5 Å². The molecule has 0 aliphatic carbocycles. The molecular weight excluding hydrogens is 659 g/mol. The van der Waals surface area contributed by atoms with E-state index in [0.29, 0.717) is 19.4 Å². The molecule has 0 aromatic rings. The Morgan fingerprint density at radius 2 is 0.906 bits per heavy atom. The summed E-state index contributed by atoms with van der Waals surface area (Å²) in [5.41, 5.74) is 0. The molecule has 1 amide bonds. The van der Waals surface area contributed by atoms with Gasteiger partial charge in [0.25, 0.3) is 0 Å². The molecule has 0 radical (unpaired) electrons. The Morgan fingerprint density at radius 1 is 0.509 bits per heavy atom. The van der Waals surface area contributed by atoms with Gasteiger partial charge in [0.2, 0.25) is 5.91 Å². The Kier molecular flexibility index (Phi) is 41.7. The number of carbonyl (C=O) groups excluding carboxylic acids is 2. The highest BCUT2D eigenvalue weighted by molar-refractivity contribution is 5.76. The molecule has 53 heavy (non-hydrogen) atoms. The van der Waals surface area contributed by atoms with Gasteiger partial charge in [0.15, 0.2) is 0 Å². The van der Waals surface area contributed by atoms with Crippen LogP contribution in [-0.4, -0.2) is 47.4 Å². The van der Waals surface area contributed by atoms with E-state index in [1.807, 2.05) is 6.08 Å². The first-order chi connectivity index (χ1) is 26.0. The number of allylic oxidation sites excluding steroid dienone is 3. The van der Waals surface area contributed by atoms with E-state index in [9.17, 15) is 19.8 Å². The zero-order valence-corrected chi connectivity index (χ0v) is 35.2. The topological polar surface area (TPSA) is 95.9 Å². The number of hydrogen-bond donors (Lipinski definition) is 3. The second-order valence-electron chi connectivity index (χ2n) is 15.7. The van der Waals surface area contributed by atoms with Gasteiger partial charge in [-0.05, 0) is 51.4 Å². The average molecular weight is 748 g/mol. The molecular formula is C47H89NO5. The predicted octanol–water partition coefficient (Wildman–Crippen LogP) is 13.2. The number of nitrogens with one attached hydrogen (secondary N) is 1. The van der Waals surface area contributed by atoms with Crippen LogP contribution in [0.1, 0.15) is 239 Å². The number of ether oxygens (including phenoxy) is 1. The van der Waals surface area contributed by atoms with Crippen LogP contribution in [0.5, 0.6) is 0 Å². The van der Waals surface area contributed by atoms with Crippen molar-refractivity contribution in [2.45, 2.75) is 251 Å². The van der Waals surface area contributed by atoms with E-state index in [1.165, 1.54) is 154 Å². The summed E-state index contributed by atoms with van der Waals surface area (Å²) in [5, 5.41) is 22.9. The lowest BCUT2D eigenvalue weighted by Gasteiger charge is -2.20. The summed E-state index contributed by atoms with van der Waals surface area (Å²) in [6.07, 6.45) is 48.8. The van der Waals surface area contributed by atoms with Crippen molar-refractivity contribution in [3.63, 3.8) is 0 Å². The number of aliphatic hydroxyl groups is 2. The fraction of sp³-hybridized carbons (Fsp3) is 0.872. The second kappa shape index (κ2) is 43.1. The van der Waals surface area contributed by atoms with Crippen molar-refractivity contribution in [3.8, 4) is 0 Å². The molecule has 0 rings (SSSR count). The number of carbonyl (C=O) groups is 2. The van der Waals surface area contributed by atoms with Crippen molar-refractivity contribution in [1.82, 2.24) is 5.32 Å². The molecule has 6 heteroatoms. The molecule has 0 spiro atoms. The van der Waals surface area contributed by atoms with Gasteiger partial charge < -0.3 is 20.3 Å². The van der Waals surface area contributed by atoms with Gasteiger partial charge >= 0.3 is 5.97 Å². The first-order valence-corrected chi connectivity index (χ1v) is 23.1. The van der Waals surface area contributed by atoms with Gasteiger partial charge in [-0.3, -0.25) is 9.59 Å². The van der Waals surface area contributed by atoms with Gasteiger partial charge in [-0.2, -0.15) is 0 Å². The summed E-state index contributed by atoms with van der Waals surface area (Å²) in [5.74, 6) is -0.0922. The number of amides is 1. The summed E-state index contributed by atoms with van der Waals surface area (Å²) in [7, 11) is 0. The van der Waals surface area contributed by atoms with Crippen molar-refractivity contribution in [3.05, 3.63) is 24.3 Å². The number of hydrogen-bond acceptors (Lipinski definition) is 5. The van der Waals surface area contributed by atoms with Crippen molar-refractivity contribution >= 4 is 11.9 Å². The van der Waals surface area contributed by atoms with Gasteiger partial charge in [0.05, 0.1) is 25.4 Å². The summed E-state index contributed by atoms with van der Waals surface area (Å²) in [6.45, 7) is 4.81. The summed E-state index contributed by atoms with van der Waals surface area (Å²) >= 11 is 0. The van der Waals surface area contributed by atoms with E-state index in [4.69, 9.17) is 4.74 Å². The van der Waals surface area contributed by atoms with Gasteiger partial charge in [-0.1, -0.05) is 199 Å². The summed E-state index contributed by atoms with van der Waals surface area (Å²) in [4.78, 5) is 24.3. The molecule has 0 heterocycles. The van der Waals surface area contributed by atoms with Crippen molar-refractivity contribution in [1.29, 1.82) is 0 Å². The number of rotatable bonds is 42. The Balaban J connectivity index is 3.46. The molecule has 2 atom stereocenters. The second-order valence-corrected chi connectivity index (χ2v) is 15.7. The lowest BCUT2D eigenvalue weighted by atomic mass is 10.0. The van der Waals surface area contributed by atoms with Crippen molar-refractivity contribution in [2.24, 2.45) is 0 Å². The molecule has 0 aromatic carbocycles. The molecule has 312 valence electrons. The van der Waals surface area contributed by atoms with Gasteiger partial charge in [-0.25, -0.2) is 0 Å². The van der Waals surface area contributed by atoms with Crippen LogP contribution in [-0.2, 0) is 14.3 Å². The van der Waals surface area contributed by atoms with Gasteiger partial charge in [-0.15, -0.1) is 0 Å². The molecule has 3 N–H and O–H groups in total. The first-order valence-electron chi connectivity index (χ1n) is 23.1. The third kappa shape index (κ3) is 39.8. The highest BCUT2D eigenvalue weighted by atomic mass is 16.5. The minimum absolute atomic E-state index is 0.0125. The molecule has 0 saturated carbocycles. The molecule has 0 bridgehead atoms. The Labute approximate surface area is 329 Å². The van der Waals surface area contributed by atoms with Crippen LogP contribution in [0.3, 0.4) is 0 Å². The largest absolute Gasteiger partial charge is 0.466 e. The maximum absolute atomic E-state index is 12.4. The normalized spacial score (nSPS) is 12.9. The fourth-order valence-electron chi connectivity index (χ4n) is 6.85. The highest BCUT2D eigenvalue weighted by Gasteiger charge is 2.18. The van der Waals surface area contributed by atoms with Crippen LogP contribution >= 0.6 is 0 Å². The van der Waals surface area contributed by atoms with Gasteiger partial charge in [0.1, 0.15) is 0 Å². The molecule has 0 fully saturated rings. The number of esters is 1. The van der Waals surface area contributed by atoms with E-state index < -0.39 is 12.1 Å². The first kappa shape index (κ1) is 51.3. The van der Waals surface area contributed by atoms with Crippen molar-refractivity contribution in [2.75, 3.05) is 13.2 Å². The standard InChI is InChI=1S/C47H89NO5/c1-3-5-7-9-11-13-20-25-29-33-37-41-47(52)53-42-38-34-30-26-22-19-17-15-16-18-21-24-28-32-36-40-46(51)48-44(43-49)45(50)39-35-31-27-23-14-12-10-8-6-4-2/h9,11,35,39,44-45,49-50H,3-8,10,12-34,36-38,40-43H2,1-2H3,(H,48,51)/b11-9-,39-35+. The highest BCUT2D eigenvalue weighted by Crippen LogP contribution is 2.15. The molecule has 0 aromatic heterocycles. The number of unbranched alkanes of at least 4 members (excludes halogenated alkanes) is 29. The maximum Gasteiger partial charge on any atom is 0.305 e. The smallest absolute Gasteiger partial charge is 0.305 e. The zero-order valence-electron chi connectivity index (χ0n) is 35.2. The monoisotopic (exact) mass is 748 g/mol. The molecule has 0 saturated heterocycles. The zero-order chi connectivity index (χ0) is 38.7. The molecule has 2 unspecified atom stereocenters. The SMILES string of the molecule is CCCC/C=C\CCCCCCCC(=O)OCCCCCCCCCCCCCCCCCC(=O)NC(CO)C(O)/C=C/CCCCCCCCCC. The minimum Gasteiger partial charge on any atom is -0.466 e. The third-order valence-electron chi connectivity index (χ3n) is 10.5. The van der Waals surface area contributed by atoms with Crippen LogP contribution in [0.25, 0.3) is 0 Å². The summed E-state index contributed by atoms with van der Waals surface area (Å²) in [6, 6.07) is -0.632. The fourth-order valence-corrected chi connectivity index (χ4v) is 6.85. The van der Waals surface area contributed by atoms with E-state index in [0.717, 1.165) is 57.8 Å². The average Bonchev–Trinajstić information content (AvgIpc) is 3.16. The maximum atomic E-state index is 12.4. The van der Waals surface area contributed by atoms with E-state index in [1.54, 1.807) is 6.08 Å². The molecule has 0 aliphatic heterocycles. The van der Waals surface area contributed by atoms with Crippen molar-refractivity contribution < 1.29 is 24.5 Å². The minimum atomic E-state index is -0.847. The lowest BCUT2D eigenvalue weighted by molar-refractivity contribution is -0.143. The molecule has 6 nitrogen and oxygen atoms in total.